The summed E-state index contributed by atoms with van der Waals surface area (Å²) in [7, 11) is 6.89. The molecule has 378 valence electrons. The number of hydrogen-bond donors (Lipinski definition) is 8. The highest BCUT2D eigenvalue weighted by atomic mass is 16.5. The molecule has 0 aromatic heterocycles. The van der Waals surface area contributed by atoms with Crippen LogP contribution in [0.1, 0.15) is 117 Å². The van der Waals surface area contributed by atoms with Crippen LogP contribution in [0, 0.1) is 0 Å². The van der Waals surface area contributed by atoms with Crippen LogP contribution in [0.5, 0.6) is 0 Å². The van der Waals surface area contributed by atoms with Crippen LogP contribution in [0.2, 0.25) is 0 Å². The molecule has 0 aliphatic heterocycles. The smallest absolute Gasteiger partial charge is 0.0713 e. The van der Waals surface area contributed by atoms with Crippen LogP contribution in [-0.2, 0) is 109 Å². The Morgan fingerprint density at radius 1 is 0.257 bits per heavy atom. The van der Waals surface area contributed by atoms with E-state index in [1.165, 1.54) is 11.1 Å². The van der Waals surface area contributed by atoms with Crippen LogP contribution in [0.25, 0.3) is 11.1 Å². The number of aliphatic hydroxyl groups excluding tert-OH is 8. The molecule has 6 aromatic rings. The second-order valence-electron chi connectivity index (χ2n) is 18.5. The predicted octanol–water partition coefficient (Wildman–Crippen LogP) is 7.90. The van der Waals surface area contributed by atoms with Gasteiger partial charge in [-0.2, -0.15) is 0 Å². The highest BCUT2D eigenvalue weighted by molar-refractivity contribution is 5.67. The molecule has 0 unspecified atom stereocenters. The highest BCUT2D eigenvalue weighted by Gasteiger charge is 2.27. The zero-order valence-corrected chi connectivity index (χ0v) is 42.1. The summed E-state index contributed by atoms with van der Waals surface area (Å²) >= 11 is 0. The lowest BCUT2D eigenvalue weighted by Crippen LogP contribution is -2.20. The maximum absolute atomic E-state index is 9.43. The third kappa shape index (κ3) is 15.9. The second-order valence-corrected chi connectivity index (χ2v) is 18.5. The van der Waals surface area contributed by atoms with E-state index in [1.54, 1.807) is 52.7 Å². The van der Waals surface area contributed by atoms with Gasteiger partial charge in [0.05, 0.1) is 79.3 Å². The largest absolute Gasteiger partial charge is 0.392 e. The summed E-state index contributed by atoms with van der Waals surface area (Å²) in [4.78, 5) is 0. The summed E-state index contributed by atoms with van der Waals surface area (Å²) in [5.41, 5.74) is 16.0. The van der Waals surface area contributed by atoms with E-state index in [2.05, 4.69) is 50.2 Å². The Hall–Kier alpha value is -5.16. The first-order valence-electron chi connectivity index (χ1n) is 23.2. The van der Waals surface area contributed by atoms with E-state index >= 15 is 0 Å². The third-order valence-electron chi connectivity index (χ3n) is 12.2. The molecule has 0 atom stereocenters. The molecule has 0 aliphatic carbocycles. The summed E-state index contributed by atoms with van der Waals surface area (Å²) in [5, 5.41) is 74.8. The van der Waals surface area contributed by atoms with Gasteiger partial charge in [-0.15, -0.1) is 0 Å². The van der Waals surface area contributed by atoms with Crippen molar-refractivity contribution in [2.24, 2.45) is 0 Å². The molecule has 12 nitrogen and oxygen atoms in total. The van der Waals surface area contributed by atoms with Crippen molar-refractivity contribution < 1.29 is 59.8 Å². The molecular formula is C58H74O12. The molecule has 0 saturated carbocycles. The van der Waals surface area contributed by atoms with Crippen molar-refractivity contribution in [3.05, 3.63) is 198 Å². The molecule has 12 heteroatoms. The van der Waals surface area contributed by atoms with Gasteiger partial charge in [0.15, 0.2) is 0 Å². The Bertz CT molecular complexity index is 2260. The van der Waals surface area contributed by atoms with E-state index in [1.807, 2.05) is 62.4 Å². The normalized spacial score (nSPS) is 11.5. The fraction of sp³-hybridized carbons (Fsp3) is 0.379. The molecule has 0 spiro atoms. The number of benzene rings is 6. The summed E-state index contributed by atoms with van der Waals surface area (Å²) in [5.74, 6) is 0. The molecule has 6 aromatic carbocycles. The maximum Gasteiger partial charge on any atom is 0.0713 e. The first-order valence-corrected chi connectivity index (χ1v) is 23.2. The van der Waals surface area contributed by atoms with E-state index in [4.69, 9.17) is 18.9 Å². The van der Waals surface area contributed by atoms with Gasteiger partial charge >= 0.3 is 0 Å². The van der Waals surface area contributed by atoms with Gasteiger partial charge in [0.25, 0.3) is 0 Å². The molecule has 8 N–H and O–H groups in total. The molecule has 6 rings (SSSR count). The van der Waals surface area contributed by atoms with E-state index in [0.29, 0.717) is 48.7 Å². The van der Waals surface area contributed by atoms with Gasteiger partial charge in [-0.05, 0) is 124 Å². The molecule has 0 radical (unpaired) electrons. The summed E-state index contributed by atoms with van der Waals surface area (Å²) < 4.78 is 21.5. The summed E-state index contributed by atoms with van der Waals surface area (Å²) in [6.07, 6.45) is 0. The van der Waals surface area contributed by atoms with Gasteiger partial charge in [-0.25, -0.2) is 0 Å². The van der Waals surface area contributed by atoms with E-state index in [0.717, 1.165) is 66.8 Å². The molecule has 0 saturated heterocycles. The Balaban J connectivity index is 0.000000231. The number of aliphatic hydroxyl groups is 8. The Labute approximate surface area is 414 Å². The van der Waals surface area contributed by atoms with Gasteiger partial charge in [-0.1, -0.05) is 113 Å². The summed E-state index contributed by atoms with van der Waals surface area (Å²) in [6, 6.07) is 35.2. The fourth-order valence-corrected chi connectivity index (χ4v) is 8.42. The Kier molecular flexibility index (Phi) is 23.0. The lowest BCUT2D eigenvalue weighted by Gasteiger charge is -2.28. The quantitative estimate of drug-likeness (QED) is 0.0348. The van der Waals surface area contributed by atoms with E-state index in [-0.39, 0.29) is 58.3 Å². The lowest BCUT2D eigenvalue weighted by atomic mass is 9.76. The van der Waals surface area contributed by atoms with Crippen molar-refractivity contribution in [2.75, 3.05) is 28.4 Å². The molecule has 0 amide bonds. The summed E-state index contributed by atoms with van der Waals surface area (Å²) in [6.45, 7) is 10.1. The van der Waals surface area contributed by atoms with Crippen LogP contribution >= 0.6 is 0 Å². The molecular weight excluding hydrogens is 889 g/mol. The van der Waals surface area contributed by atoms with Crippen LogP contribution in [0.4, 0.5) is 0 Å². The first kappa shape index (κ1) is 57.4. The van der Waals surface area contributed by atoms with Crippen LogP contribution in [-0.4, -0.2) is 69.3 Å². The average Bonchev–Trinajstić information content (AvgIpc) is 3.38. The SMILES string of the molecule is CC(C)(c1cc(CO)cc(CO)c1)c1cc(CO)cc(CO)c1.COCc1cc(COC)cc(C(C)(C)c2cc(COC)cc(COC)c2)c1.OCc1cc(CO)cc(-c2cc(CO)cc(CO)c2)c1. The minimum Gasteiger partial charge on any atom is -0.392 e. The maximum atomic E-state index is 9.43. The van der Waals surface area contributed by atoms with Crippen LogP contribution in [0.3, 0.4) is 0 Å². The van der Waals surface area contributed by atoms with Crippen molar-refractivity contribution in [2.45, 2.75) is 118 Å². The van der Waals surface area contributed by atoms with Gasteiger partial charge in [0.2, 0.25) is 0 Å². The second kappa shape index (κ2) is 28.0. The Morgan fingerprint density at radius 3 is 0.586 bits per heavy atom. The lowest BCUT2D eigenvalue weighted by molar-refractivity contribution is 0.179. The third-order valence-corrected chi connectivity index (χ3v) is 12.2. The number of rotatable bonds is 21. The van der Waals surface area contributed by atoms with Gasteiger partial charge in [-0.3, -0.25) is 0 Å². The average molecular weight is 963 g/mol. The molecule has 0 heterocycles. The van der Waals surface area contributed by atoms with E-state index < -0.39 is 5.41 Å². The minimum atomic E-state index is -0.399. The van der Waals surface area contributed by atoms with Crippen molar-refractivity contribution in [1.82, 2.24) is 0 Å². The van der Waals surface area contributed by atoms with Crippen molar-refractivity contribution >= 4 is 0 Å². The van der Waals surface area contributed by atoms with Crippen LogP contribution < -0.4 is 0 Å². The van der Waals surface area contributed by atoms with Crippen molar-refractivity contribution in [1.29, 1.82) is 0 Å². The topological polar surface area (TPSA) is 199 Å². The van der Waals surface area contributed by atoms with Crippen molar-refractivity contribution in [3.8, 4) is 11.1 Å². The number of methoxy groups -OCH3 is 4. The van der Waals surface area contributed by atoms with Gasteiger partial charge in [0.1, 0.15) is 0 Å². The fourth-order valence-electron chi connectivity index (χ4n) is 8.42. The van der Waals surface area contributed by atoms with Gasteiger partial charge in [0, 0.05) is 39.3 Å². The standard InChI is InChI=1S/C23H32O4.C19H24O4.C16H18O4/c1-23(2,21-9-17(13-24-3)7-18(10-21)14-25-4)22-11-19(15-26-5)8-20(12-22)16-27-6;1-19(2,17-5-13(9-20)3-14(6-17)10-21)18-7-15(11-22)4-16(8-18)12-23;17-7-11-1-12(8-18)4-15(3-11)16-5-13(9-19)2-14(6-16)10-20/h7-12H,13-16H2,1-6H3;3-8,20-23H,9-12H2,1-2H3;1-6,17-20H,7-10H2. The molecule has 0 aliphatic rings. The molecule has 0 fully saturated rings. The zero-order chi connectivity index (χ0) is 51.4. The zero-order valence-electron chi connectivity index (χ0n) is 42.1. The monoisotopic (exact) mass is 963 g/mol. The van der Waals surface area contributed by atoms with E-state index in [9.17, 15) is 40.9 Å². The highest BCUT2D eigenvalue weighted by Crippen LogP contribution is 2.36. The molecule has 0 bridgehead atoms. The first-order chi connectivity index (χ1) is 33.6. The number of ether oxygens (including phenoxy) is 4. The number of hydrogen-bond acceptors (Lipinski definition) is 12. The van der Waals surface area contributed by atoms with Crippen LogP contribution in [0.15, 0.2) is 109 Å². The van der Waals surface area contributed by atoms with Crippen molar-refractivity contribution in [3.63, 3.8) is 0 Å². The molecule has 70 heavy (non-hydrogen) atoms. The Morgan fingerprint density at radius 2 is 0.414 bits per heavy atom. The van der Waals surface area contributed by atoms with Gasteiger partial charge < -0.3 is 59.8 Å². The minimum absolute atomic E-state index is 0.0878. The predicted molar refractivity (Wildman–Crippen MR) is 272 cm³/mol.